The first-order valence-corrected chi connectivity index (χ1v) is 10.4. The molecule has 1 saturated heterocycles. The lowest BCUT2D eigenvalue weighted by Gasteiger charge is -2.35. The zero-order valence-corrected chi connectivity index (χ0v) is 17.8. The van der Waals surface area contributed by atoms with Crippen LogP contribution in [0, 0.1) is 0 Å². The lowest BCUT2D eigenvalue weighted by atomic mass is 10.1. The molecule has 1 fully saturated rings. The average Bonchev–Trinajstić information content (AvgIpc) is 2.80. The number of amides is 2. The van der Waals surface area contributed by atoms with Gasteiger partial charge in [0.2, 0.25) is 0 Å². The van der Waals surface area contributed by atoms with Gasteiger partial charge >= 0.3 is 0 Å². The summed E-state index contributed by atoms with van der Waals surface area (Å²) >= 11 is 0. The first-order valence-electron chi connectivity index (χ1n) is 10.4. The van der Waals surface area contributed by atoms with Crippen molar-refractivity contribution >= 4 is 23.2 Å². The summed E-state index contributed by atoms with van der Waals surface area (Å²) in [5.41, 5.74) is 1.85. The number of nitrogens with one attached hydrogen (secondary N) is 1. The van der Waals surface area contributed by atoms with E-state index in [0.717, 1.165) is 38.5 Å². The number of anilines is 2. The van der Waals surface area contributed by atoms with Gasteiger partial charge in [0.15, 0.2) is 6.10 Å². The second-order valence-electron chi connectivity index (χ2n) is 7.57. The molecule has 0 saturated carbocycles. The van der Waals surface area contributed by atoms with Crippen LogP contribution < -0.4 is 19.7 Å². The summed E-state index contributed by atoms with van der Waals surface area (Å²) in [7, 11) is 1.58. The van der Waals surface area contributed by atoms with Crippen LogP contribution in [-0.2, 0) is 9.53 Å². The van der Waals surface area contributed by atoms with E-state index < -0.39 is 6.10 Å². The van der Waals surface area contributed by atoms with Crippen LogP contribution in [0.1, 0.15) is 17.3 Å². The smallest absolute Gasteiger partial charge is 0.267 e. The van der Waals surface area contributed by atoms with Gasteiger partial charge in [0.05, 0.1) is 26.0 Å². The van der Waals surface area contributed by atoms with E-state index in [1.807, 2.05) is 6.07 Å². The maximum absolute atomic E-state index is 12.7. The Morgan fingerprint density at radius 1 is 1.13 bits per heavy atom. The minimum Gasteiger partial charge on any atom is -0.497 e. The van der Waals surface area contributed by atoms with Crippen LogP contribution >= 0.6 is 0 Å². The highest BCUT2D eigenvalue weighted by molar-refractivity contribution is 6.05. The van der Waals surface area contributed by atoms with Crippen molar-refractivity contribution in [2.75, 3.05) is 56.7 Å². The molecule has 2 aliphatic rings. The van der Waals surface area contributed by atoms with Crippen LogP contribution in [0.25, 0.3) is 0 Å². The van der Waals surface area contributed by atoms with Crippen molar-refractivity contribution in [2.45, 2.75) is 13.0 Å². The van der Waals surface area contributed by atoms with Gasteiger partial charge in [-0.25, -0.2) is 0 Å². The molecule has 0 aliphatic carbocycles. The van der Waals surface area contributed by atoms with Gasteiger partial charge in [-0.05, 0) is 43.3 Å². The molecular weight excluding hydrogens is 398 g/mol. The van der Waals surface area contributed by atoms with Gasteiger partial charge in [-0.2, -0.15) is 0 Å². The lowest BCUT2D eigenvalue weighted by Crippen LogP contribution is -2.48. The zero-order chi connectivity index (χ0) is 21.8. The number of nitrogens with zero attached hydrogens (tertiary/aromatic N) is 2. The van der Waals surface area contributed by atoms with Crippen molar-refractivity contribution in [2.24, 2.45) is 0 Å². The van der Waals surface area contributed by atoms with Gasteiger partial charge in [-0.1, -0.05) is 0 Å². The van der Waals surface area contributed by atoms with Gasteiger partial charge in [-0.15, -0.1) is 0 Å². The fraction of sp³-hybridized carbons (Fsp3) is 0.391. The van der Waals surface area contributed by atoms with Crippen LogP contribution in [0.3, 0.4) is 0 Å². The minimum absolute atomic E-state index is 0.0595. The van der Waals surface area contributed by atoms with Gasteiger partial charge < -0.3 is 24.4 Å². The number of hydrogen-bond acceptors (Lipinski definition) is 6. The molecule has 0 bridgehead atoms. The van der Waals surface area contributed by atoms with Crippen LogP contribution in [0.15, 0.2) is 42.5 Å². The molecule has 2 amide bonds. The quantitative estimate of drug-likeness (QED) is 0.766. The van der Waals surface area contributed by atoms with Gasteiger partial charge in [0.25, 0.3) is 11.8 Å². The highest BCUT2D eigenvalue weighted by Crippen LogP contribution is 2.36. The Kier molecular flexibility index (Phi) is 6.39. The van der Waals surface area contributed by atoms with E-state index >= 15 is 0 Å². The normalized spacial score (nSPS) is 18.8. The summed E-state index contributed by atoms with van der Waals surface area (Å²) in [4.78, 5) is 29.4. The molecule has 1 unspecified atom stereocenters. The predicted octanol–water partition coefficient (Wildman–Crippen LogP) is 2.39. The second-order valence-corrected chi connectivity index (χ2v) is 7.57. The largest absolute Gasteiger partial charge is 0.497 e. The maximum atomic E-state index is 12.7. The van der Waals surface area contributed by atoms with E-state index in [-0.39, 0.29) is 11.8 Å². The van der Waals surface area contributed by atoms with Crippen LogP contribution in [0.4, 0.5) is 11.4 Å². The van der Waals surface area contributed by atoms with Crippen molar-refractivity contribution in [3.05, 3.63) is 48.0 Å². The topological polar surface area (TPSA) is 80.3 Å². The Morgan fingerprint density at radius 3 is 2.58 bits per heavy atom. The summed E-state index contributed by atoms with van der Waals surface area (Å²) < 4.78 is 16.4. The van der Waals surface area contributed by atoms with Crippen molar-refractivity contribution in [1.82, 2.24) is 4.90 Å². The number of rotatable bonds is 6. The molecule has 0 spiro atoms. The number of ether oxygens (including phenoxy) is 3. The van der Waals surface area contributed by atoms with E-state index in [4.69, 9.17) is 14.2 Å². The van der Waals surface area contributed by atoms with E-state index in [1.165, 1.54) is 0 Å². The van der Waals surface area contributed by atoms with Gasteiger partial charge in [0, 0.05) is 43.5 Å². The van der Waals surface area contributed by atoms with Crippen molar-refractivity contribution in [3.8, 4) is 11.5 Å². The van der Waals surface area contributed by atoms with Crippen LogP contribution in [0.2, 0.25) is 0 Å². The summed E-state index contributed by atoms with van der Waals surface area (Å²) in [6.45, 7) is 6.29. The van der Waals surface area contributed by atoms with Crippen molar-refractivity contribution < 1.29 is 23.8 Å². The Hall–Kier alpha value is -3.10. The Bertz CT molecular complexity index is 941. The molecule has 0 aromatic heterocycles. The number of fused-ring (bicyclic) bond motifs is 1. The summed E-state index contributed by atoms with van der Waals surface area (Å²) in [5, 5.41) is 2.89. The fourth-order valence-corrected chi connectivity index (χ4v) is 3.73. The molecule has 31 heavy (non-hydrogen) atoms. The van der Waals surface area contributed by atoms with E-state index in [0.29, 0.717) is 29.3 Å². The number of benzene rings is 2. The number of hydrogen-bond donors (Lipinski definition) is 1. The fourth-order valence-electron chi connectivity index (χ4n) is 3.73. The number of morpholine rings is 1. The highest BCUT2D eigenvalue weighted by Gasteiger charge is 2.32. The molecule has 2 aliphatic heterocycles. The predicted molar refractivity (Wildman–Crippen MR) is 117 cm³/mol. The van der Waals surface area contributed by atoms with E-state index in [1.54, 1.807) is 55.3 Å². The molecule has 4 rings (SSSR count). The third-order valence-electron chi connectivity index (χ3n) is 5.52. The number of methoxy groups -OCH3 is 1. The first kappa shape index (κ1) is 21.1. The van der Waals surface area contributed by atoms with Crippen LogP contribution in [0.5, 0.6) is 11.5 Å². The van der Waals surface area contributed by atoms with Crippen molar-refractivity contribution in [3.63, 3.8) is 0 Å². The SMILES string of the molecule is COc1ccc(C(=O)Nc2ccc3c(c2)OC(C)C(=O)N3CCN2CCOCC2)cc1. The van der Waals surface area contributed by atoms with Gasteiger partial charge in [0.1, 0.15) is 11.5 Å². The molecule has 2 aromatic rings. The standard InChI is InChI=1S/C23H27N3O5/c1-16-23(28)26(10-9-25-11-13-30-14-12-25)20-8-5-18(15-21(20)31-16)24-22(27)17-3-6-19(29-2)7-4-17/h3-8,15-16H,9-14H2,1-2H3,(H,24,27). The molecule has 1 N–H and O–H groups in total. The van der Waals surface area contributed by atoms with Gasteiger partial charge in [-0.3, -0.25) is 14.5 Å². The monoisotopic (exact) mass is 425 g/mol. The summed E-state index contributed by atoms with van der Waals surface area (Å²) in [6.07, 6.45) is -0.579. The molecule has 2 heterocycles. The zero-order valence-electron chi connectivity index (χ0n) is 17.8. The average molecular weight is 425 g/mol. The maximum Gasteiger partial charge on any atom is 0.267 e. The van der Waals surface area contributed by atoms with Crippen LogP contribution in [-0.4, -0.2) is 69.3 Å². The third-order valence-corrected chi connectivity index (χ3v) is 5.52. The number of carbonyl (C=O) groups is 2. The minimum atomic E-state index is -0.579. The summed E-state index contributed by atoms with van der Waals surface area (Å²) in [6, 6.07) is 12.3. The molecule has 0 radical (unpaired) electrons. The summed E-state index contributed by atoms with van der Waals surface area (Å²) in [5.74, 6) is 0.985. The van der Waals surface area contributed by atoms with E-state index in [9.17, 15) is 9.59 Å². The first-order chi connectivity index (χ1) is 15.0. The molecule has 1 atom stereocenters. The Labute approximate surface area is 181 Å². The molecular formula is C23H27N3O5. The molecule has 164 valence electrons. The second kappa shape index (κ2) is 9.36. The van der Waals surface area contributed by atoms with E-state index in [2.05, 4.69) is 10.2 Å². The number of carbonyl (C=O) groups excluding carboxylic acids is 2. The molecule has 8 heteroatoms. The lowest BCUT2D eigenvalue weighted by molar-refractivity contribution is -0.125. The Morgan fingerprint density at radius 2 is 1.87 bits per heavy atom. The molecule has 2 aromatic carbocycles. The Balaban J connectivity index is 1.47. The molecule has 8 nitrogen and oxygen atoms in total. The third kappa shape index (κ3) is 4.81. The highest BCUT2D eigenvalue weighted by atomic mass is 16.5. The van der Waals surface area contributed by atoms with Crippen molar-refractivity contribution in [1.29, 1.82) is 0 Å².